The third kappa shape index (κ3) is 4.35. The van der Waals surface area contributed by atoms with E-state index in [0.717, 1.165) is 22.4 Å². The predicted octanol–water partition coefficient (Wildman–Crippen LogP) is 4.65. The number of hydrogen-bond donors (Lipinski definition) is 0. The summed E-state index contributed by atoms with van der Waals surface area (Å²) in [5.41, 5.74) is 6.46. The molecule has 2 aromatic carbocycles. The van der Waals surface area contributed by atoms with Gasteiger partial charge in [-0.05, 0) is 61.2 Å². The number of hydrogen-bond acceptors (Lipinski definition) is 4. The molecule has 1 atom stereocenters. The quantitative estimate of drug-likeness (QED) is 0.593. The minimum absolute atomic E-state index is 0.0917. The zero-order valence-electron chi connectivity index (χ0n) is 18.8. The van der Waals surface area contributed by atoms with Crippen LogP contribution in [0.15, 0.2) is 70.4 Å². The first kappa shape index (κ1) is 21.6. The molecule has 3 aromatic rings. The van der Waals surface area contributed by atoms with Gasteiger partial charge in [0.25, 0.3) is 11.8 Å². The van der Waals surface area contributed by atoms with Crippen LogP contribution in [-0.2, 0) is 4.79 Å². The van der Waals surface area contributed by atoms with E-state index in [9.17, 15) is 9.59 Å². The second-order valence-electron chi connectivity index (χ2n) is 8.35. The summed E-state index contributed by atoms with van der Waals surface area (Å²) in [7, 11) is 1.59. The first-order valence-corrected chi connectivity index (χ1v) is 10.7. The van der Waals surface area contributed by atoms with Crippen LogP contribution in [0.3, 0.4) is 0 Å². The molecule has 4 rings (SSSR count). The van der Waals surface area contributed by atoms with Gasteiger partial charge >= 0.3 is 0 Å². The zero-order chi connectivity index (χ0) is 22.8. The predicted molar refractivity (Wildman–Crippen MR) is 124 cm³/mol. The first-order chi connectivity index (χ1) is 15.3. The van der Waals surface area contributed by atoms with Crippen LogP contribution < -0.4 is 0 Å². The Morgan fingerprint density at radius 1 is 1.06 bits per heavy atom. The minimum Gasteiger partial charge on any atom is -0.459 e. The van der Waals surface area contributed by atoms with E-state index >= 15 is 0 Å². The molecule has 2 amide bonds. The number of furan rings is 1. The Morgan fingerprint density at radius 2 is 1.81 bits per heavy atom. The highest BCUT2D eigenvalue weighted by molar-refractivity contribution is 6.03. The topological polar surface area (TPSA) is 66.1 Å². The molecule has 2 heterocycles. The molecule has 0 fully saturated rings. The van der Waals surface area contributed by atoms with Gasteiger partial charge in [0, 0.05) is 13.5 Å². The van der Waals surface area contributed by atoms with Gasteiger partial charge in [0.1, 0.15) is 6.54 Å². The largest absolute Gasteiger partial charge is 0.459 e. The van der Waals surface area contributed by atoms with Crippen LogP contribution in [0.5, 0.6) is 0 Å². The van der Waals surface area contributed by atoms with Gasteiger partial charge < -0.3 is 9.32 Å². The van der Waals surface area contributed by atoms with Crippen molar-refractivity contribution in [3.8, 4) is 0 Å². The lowest BCUT2D eigenvalue weighted by atomic mass is 9.96. The van der Waals surface area contributed by atoms with Gasteiger partial charge in [-0.25, -0.2) is 5.01 Å². The van der Waals surface area contributed by atoms with Crippen molar-refractivity contribution in [2.24, 2.45) is 5.10 Å². The van der Waals surface area contributed by atoms with E-state index in [1.807, 2.05) is 37.3 Å². The van der Waals surface area contributed by atoms with Gasteiger partial charge in [-0.15, -0.1) is 0 Å². The van der Waals surface area contributed by atoms with Crippen molar-refractivity contribution >= 4 is 17.5 Å². The van der Waals surface area contributed by atoms with Crippen LogP contribution in [-0.4, -0.2) is 41.0 Å². The standard InChI is InChI=1S/C26H27N3O3/c1-17-7-10-20(11-8-17)23-15-22(21-12-9-18(2)19(3)14-21)27-29(23)25(30)16-28(4)26(31)24-6-5-13-32-24/h5-14,23H,15-16H2,1-4H3. The summed E-state index contributed by atoms with van der Waals surface area (Å²) in [6.45, 7) is 6.09. The van der Waals surface area contributed by atoms with Crippen molar-refractivity contribution < 1.29 is 14.0 Å². The van der Waals surface area contributed by atoms with Crippen molar-refractivity contribution in [2.75, 3.05) is 13.6 Å². The van der Waals surface area contributed by atoms with E-state index in [2.05, 4.69) is 26.0 Å². The summed E-state index contributed by atoms with van der Waals surface area (Å²) in [6, 6.07) is 17.4. The Kier molecular flexibility index (Phi) is 5.95. The molecule has 0 radical (unpaired) electrons. The van der Waals surface area contributed by atoms with Crippen molar-refractivity contribution in [1.29, 1.82) is 0 Å². The Balaban J connectivity index is 1.61. The van der Waals surface area contributed by atoms with E-state index in [0.29, 0.717) is 6.42 Å². The molecule has 1 aliphatic heterocycles. The maximum atomic E-state index is 13.3. The maximum absolute atomic E-state index is 13.3. The Bertz CT molecular complexity index is 1160. The molecule has 0 aliphatic carbocycles. The maximum Gasteiger partial charge on any atom is 0.289 e. The van der Waals surface area contributed by atoms with E-state index in [1.165, 1.54) is 27.3 Å². The van der Waals surface area contributed by atoms with Gasteiger partial charge in [0.15, 0.2) is 5.76 Å². The number of carbonyl (C=O) groups is 2. The Morgan fingerprint density at radius 3 is 2.47 bits per heavy atom. The third-order valence-corrected chi connectivity index (χ3v) is 5.92. The number of hydrazone groups is 1. The number of rotatable bonds is 5. The molecular formula is C26H27N3O3. The Hall–Kier alpha value is -3.67. The highest BCUT2D eigenvalue weighted by atomic mass is 16.3. The number of aryl methyl sites for hydroxylation is 3. The number of nitrogens with zero attached hydrogens (tertiary/aromatic N) is 3. The first-order valence-electron chi connectivity index (χ1n) is 10.7. The third-order valence-electron chi connectivity index (χ3n) is 5.92. The summed E-state index contributed by atoms with van der Waals surface area (Å²) in [5.74, 6) is -0.374. The van der Waals surface area contributed by atoms with E-state index < -0.39 is 0 Å². The number of amides is 2. The fourth-order valence-electron chi connectivity index (χ4n) is 3.82. The summed E-state index contributed by atoms with van der Waals surface area (Å²) < 4.78 is 5.18. The lowest BCUT2D eigenvalue weighted by Crippen LogP contribution is -2.39. The van der Waals surface area contributed by atoms with Crippen molar-refractivity contribution in [3.05, 3.63) is 94.4 Å². The molecule has 6 heteroatoms. The minimum atomic E-state index is -0.340. The van der Waals surface area contributed by atoms with Gasteiger partial charge in [-0.3, -0.25) is 9.59 Å². The molecule has 0 bridgehead atoms. The molecule has 0 saturated carbocycles. The fraction of sp³-hybridized carbons (Fsp3) is 0.269. The van der Waals surface area contributed by atoms with Crippen LogP contribution in [0.1, 0.15) is 50.8 Å². The van der Waals surface area contributed by atoms with Crippen LogP contribution >= 0.6 is 0 Å². The summed E-state index contributed by atoms with van der Waals surface area (Å²) in [6.07, 6.45) is 2.06. The van der Waals surface area contributed by atoms with Crippen molar-refractivity contribution in [2.45, 2.75) is 33.2 Å². The van der Waals surface area contributed by atoms with E-state index in [1.54, 1.807) is 19.2 Å². The number of likely N-dealkylation sites (N-methyl/N-ethyl adjacent to an activating group) is 1. The van der Waals surface area contributed by atoms with E-state index in [4.69, 9.17) is 9.52 Å². The number of benzene rings is 2. The molecule has 1 aliphatic rings. The number of carbonyl (C=O) groups excluding carboxylic acids is 2. The molecule has 1 aromatic heterocycles. The van der Waals surface area contributed by atoms with Crippen molar-refractivity contribution in [3.63, 3.8) is 0 Å². The molecule has 6 nitrogen and oxygen atoms in total. The van der Waals surface area contributed by atoms with Gasteiger partial charge in [0.2, 0.25) is 0 Å². The van der Waals surface area contributed by atoms with Gasteiger partial charge in [0.05, 0.1) is 18.0 Å². The second kappa shape index (κ2) is 8.83. The summed E-state index contributed by atoms with van der Waals surface area (Å²) in [5, 5.41) is 6.25. The normalized spacial score (nSPS) is 15.6. The average Bonchev–Trinajstić information content (AvgIpc) is 3.46. The SMILES string of the molecule is Cc1ccc(C2CC(c3ccc(C)c(C)c3)=NN2C(=O)CN(C)C(=O)c2ccco2)cc1. The molecule has 0 saturated heterocycles. The highest BCUT2D eigenvalue weighted by Gasteiger charge is 2.34. The molecule has 0 N–H and O–H groups in total. The summed E-state index contributed by atoms with van der Waals surface area (Å²) >= 11 is 0. The van der Waals surface area contributed by atoms with Crippen molar-refractivity contribution in [1.82, 2.24) is 9.91 Å². The van der Waals surface area contributed by atoms with Crippen LogP contribution in [0.25, 0.3) is 0 Å². The Labute approximate surface area is 188 Å². The fourth-order valence-corrected chi connectivity index (χ4v) is 3.82. The lowest BCUT2D eigenvalue weighted by molar-refractivity contribution is -0.133. The van der Waals surface area contributed by atoms with Gasteiger partial charge in [-0.1, -0.05) is 42.0 Å². The molecule has 164 valence electrons. The lowest BCUT2D eigenvalue weighted by Gasteiger charge is -2.24. The smallest absolute Gasteiger partial charge is 0.289 e. The van der Waals surface area contributed by atoms with E-state index in [-0.39, 0.29) is 30.2 Å². The van der Waals surface area contributed by atoms with Crippen LogP contribution in [0.2, 0.25) is 0 Å². The molecule has 32 heavy (non-hydrogen) atoms. The average molecular weight is 430 g/mol. The molecular weight excluding hydrogens is 402 g/mol. The van der Waals surface area contributed by atoms with Crippen LogP contribution in [0, 0.1) is 20.8 Å². The highest BCUT2D eigenvalue weighted by Crippen LogP contribution is 2.33. The van der Waals surface area contributed by atoms with Gasteiger partial charge in [-0.2, -0.15) is 5.10 Å². The molecule has 0 spiro atoms. The van der Waals surface area contributed by atoms with Crippen LogP contribution in [0.4, 0.5) is 0 Å². The zero-order valence-corrected chi connectivity index (χ0v) is 18.8. The molecule has 1 unspecified atom stereocenters. The monoisotopic (exact) mass is 429 g/mol. The second-order valence-corrected chi connectivity index (χ2v) is 8.35. The summed E-state index contributed by atoms with van der Waals surface area (Å²) in [4.78, 5) is 27.2.